The van der Waals surface area contributed by atoms with E-state index in [4.69, 9.17) is 4.74 Å². The Bertz CT molecular complexity index is 346. The molecule has 18 heavy (non-hydrogen) atoms. The van der Waals surface area contributed by atoms with Crippen LogP contribution in [-0.4, -0.2) is 19.2 Å². The van der Waals surface area contributed by atoms with Crippen molar-refractivity contribution in [3.05, 3.63) is 30.1 Å². The third-order valence-electron chi connectivity index (χ3n) is 3.57. The quantitative estimate of drug-likeness (QED) is 0.837. The van der Waals surface area contributed by atoms with Crippen LogP contribution in [0, 0.1) is 11.7 Å². The summed E-state index contributed by atoms with van der Waals surface area (Å²) in [6, 6.07) is 6.35. The van der Waals surface area contributed by atoms with Gasteiger partial charge in [-0.05, 0) is 43.7 Å². The summed E-state index contributed by atoms with van der Waals surface area (Å²) in [4.78, 5) is 0. The Morgan fingerprint density at radius 1 is 1.39 bits per heavy atom. The standard InChI is InChI=1S/C15H22FNO/c1-2-3-4-15(12-9-10-17-11-12)18-14-7-5-13(16)6-8-14/h5-8,12,15,17H,2-4,9-11H2,1H3/t12?,15-/m1/s1. The van der Waals surface area contributed by atoms with Crippen molar-refractivity contribution in [1.29, 1.82) is 0 Å². The zero-order chi connectivity index (χ0) is 12.8. The van der Waals surface area contributed by atoms with Gasteiger partial charge >= 0.3 is 0 Å². The van der Waals surface area contributed by atoms with Crippen molar-refractivity contribution in [2.45, 2.75) is 38.7 Å². The first kappa shape index (κ1) is 13.3. The molecule has 3 heteroatoms. The van der Waals surface area contributed by atoms with Gasteiger partial charge in [-0.25, -0.2) is 4.39 Å². The number of hydrogen-bond donors (Lipinski definition) is 1. The summed E-state index contributed by atoms with van der Waals surface area (Å²) in [5.74, 6) is 1.15. The van der Waals surface area contributed by atoms with E-state index in [1.54, 1.807) is 12.1 Å². The van der Waals surface area contributed by atoms with Crippen LogP contribution in [0.25, 0.3) is 0 Å². The second-order valence-electron chi connectivity index (χ2n) is 5.01. The topological polar surface area (TPSA) is 21.3 Å². The minimum Gasteiger partial charge on any atom is -0.490 e. The van der Waals surface area contributed by atoms with Gasteiger partial charge in [0.25, 0.3) is 0 Å². The third-order valence-corrected chi connectivity index (χ3v) is 3.57. The van der Waals surface area contributed by atoms with Gasteiger partial charge in [0.15, 0.2) is 0 Å². The summed E-state index contributed by atoms with van der Waals surface area (Å²) in [7, 11) is 0. The van der Waals surface area contributed by atoms with Gasteiger partial charge in [-0.3, -0.25) is 0 Å². The Balaban J connectivity index is 1.97. The first-order valence-corrected chi connectivity index (χ1v) is 6.92. The van der Waals surface area contributed by atoms with Gasteiger partial charge in [0.1, 0.15) is 17.7 Å². The smallest absolute Gasteiger partial charge is 0.123 e. The second-order valence-corrected chi connectivity index (χ2v) is 5.01. The fourth-order valence-electron chi connectivity index (χ4n) is 2.48. The molecule has 2 nitrogen and oxygen atoms in total. The molecule has 1 aliphatic rings. The molecule has 100 valence electrons. The SMILES string of the molecule is CCCC[C@@H](Oc1ccc(F)cc1)C1CCNC1. The molecular formula is C15H22FNO. The third kappa shape index (κ3) is 3.70. The van der Waals surface area contributed by atoms with Crippen molar-refractivity contribution in [2.75, 3.05) is 13.1 Å². The molecule has 0 aliphatic carbocycles. The minimum absolute atomic E-state index is 0.213. The largest absolute Gasteiger partial charge is 0.490 e. The average molecular weight is 251 g/mol. The Hall–Kier alpha value is -1.09. The van der Waals surface area contributed by atoms with E-state index in [1.807, 2.05) is 0 Å². The minimum atomic E-state index is -0.213. The second kappa shape index (κ2) is 6.74. The zero-order valence-corrected chi connectivity index (χ0v) is 11.0. The van der Waals surface area contributed by atoms with Crippen LogP contribution in [0.1, 0.15) is 32.6 Å². The van der Waals surface area contributed by atoms with Crippen molar-refractivity contribution < 1.29 is 9.13 Å². The van der Waals surface area contributed by atoms with E-state index in [1.165, 1.54) is 31.4 Å². The lowest BCUT2D eigenvalue weighted by Crippen LogP contribution is -2.28. The van der Waals surface area contributed by atoms with Crippen LogP contribution in [0.2, 0.25) is 0 Å². The van der Waals surface area contributed by atoms with Crippen molar-refractivity contribution in [3.8, 4) is 5.75 Å². The van der Waals surface area contributed by atoms with Gasteiger partial charge in [-0.2, -0.15) is 0 Å². The molecule has 1 aromatic carbocycles. The van der Waals surface area contributed by atoms with Gasteiger partial charge in [-0.15, -0.1) is 0 Å². The molecule has 1 unspecified atom stereocenters. The van der Waals surface area contributed by atoms with E-state index in [0.717, 1.165) is 25.3 Å². The van der Waals surface area contributed by atoms with Crippen LogP contribution >= 0.6 is 0 Å². The number of ether oxygens (including phenoxy) is 1. The first-order chi connectivity index (χ1) is 8.79. The van der Waals surface area contributed by atoms with E-state index in [2.05, 4.69) is 12.2 Å². The Kier molecular flexibility index (Phi) is 5.00. The molecule has 0 radical (unpaired) electrons. The van der Waals surface area contributed by atoms with E-state index in [0.29, 0.717) is 5.92 Å². The molecule has 1 N–H and O–H groups in total. The lowest BCUT2D eigenvalue weighted by atomic mass is 9.97. The highest BCUT2D eigenvalue weighted by atomic mass is 19.1. The Labute approximate surface area is 109 Å². The Morgan fingerprint density at radius 3 is 2.78 bits per heavy atom. The van der Waals surface area contributed by atoms with E-state index >= 15 is 0 Å². The van der Waals surface area contributed by atoms with Crippen LogP contribution in [0.15, 0.2) is 24.3 Å². The molecule has 1 aliphatic heterocycles. The maximum absolute atomic E-state index is 12.9. The summed E-state index contributed by atoms with van der Waals surface area (Å²) in [6.45, 7) is 4.32. The number of hydrogen-bond acceptors (Lipinski definition) is 2. The highest BCUT2D eigenvalue weighted by Crippen LogP contribution is 2.23. The molecule has 0 saturated carbocycles. The highest BCUT2D eigenvalue weighted by molar-refractivity contribution is 5.22. The average Bonchev–Trinajstić information content (AvgIpc) is 2.90. The van der Waals surface area contributed by atoms with E-state index in [-0.39, 0.29) is 11.9 Å². The van der Waals surface area contributed by atoms with E-state index in [9.17, 15) is 4.39 Å². The van der Waals surface area contributed by atoms with Gasteiger partial charge in [0.05, 0.1) is 0 Å². The lowest BCUT2D eigenvalue weighted by molar-refractivity contribution is 0.130. The zero-order valence-electron chi connectivity index (χ0n) is 11.0. The molecule has 0 spiro atoms. The predicted octanol–water partition coefficient (Wildman–Crippen LogP) is 3.37. The summed E-state index contributed by atoms with van der Waals surface area (Å²) in [5.41, 5.74) is 0. The molecule has 0 amide bonds. The monoisotopic (exact) mass is 251 g/mol. The Morgan fingerprint density at radius 2 is 2.17 bits per heavy atom. The van der Waals surface area contributed by atoms with Crippen molar-refractivity contribution in [1.82, 2.24) is 5.32 Å². The molecule has 0 aromatic heterocycles. The molecule has 2 rings (SSSR count). The van der Waals surface area contributed by atoms with Crippen molar-refractivity contribution in [2.24, 2.45) is 5.92 Å². The number of rotatable bonds is 6. The lowest BCUT2D eigenvalue weighted by Gasteiger charge is -2.24. The number of halogens is 1. The molecule has 2 atom stereocenters. The maximum atomic E-state index is 12.9. The van der Waals surface area contributed by atoms with Crippen LogP contribution in [-0.2, 0) is 0 Å². The fraction of sp³-hybridized carbons (Fsp3) is 0.600. The number of nitrogens with one attached hydrogen (secondary N) is 1. The summed E-state index contributed by atoms with van der Waals surface area (Å²) in [6.07, 6.45) is 4.88. The molecule has 1 fully saturated rings. The van der Waals surface area contributed by atoms with Crippen molar-refractivity contribution >= 4 is 0 Å². The van der Waals surface area contributed by atoms with E-state index < -0.39 is 0 Å². The van der Waals surface area contributed by atoms with Crippen LogP contribution < -0.4 is 10.1 Å². The molecule has 1 aromatic rings. The van der Waals surface area contributed by atoms with Crippen LogP contribution in [0.4, 0.5) is 4.39 Å². The summed E-state index contributed by atoms with van der Waals surface area (Å²) >= 11 is 0. The van der Waals surface area contributed by atoms with Crippen molar-refractivity contribution in [3.63, 3.8) is 0 Å². The van der Waals surface area contributed by atoms with Crippen LogP contribution in [0.3, 0.4) is 0 Å². The van der Waals surface area contributed by atoms with Gasteiger partial charge in [-0.1, -0.05) is 19.8 Å². The molecule has 1 heterocycles. The predicted molar refractivity (Wildman–Crippen MR) is 71.3 cm³/mol. The van der Waals surface area contributed by atoms with Gasteiger partial charge in [0, 0.05) is 12.5 Å². The number of unbranched alkanes of at least 4 members (excludes halogenated alkanes) is 1. The van der Waals surface area contributed by atoms with Crippen LogP contribution in [0.5, 0.6) is 5.75 Å². The first-order valence-electron chi connectivity index (χ1n) is 6.92. The normalized spacial score (nSPS) is 20.9. The molecular weight excluding hydrogens is 229 g/mol. The fourth-order valence-corrected chi connectivity index (χ4v) is 2.48. The maximum Gasteiger partial charge on any atom is 0.123 e. The summed E-state index contributed by atoms with van der Waals surface area (Å²) < 4.78 is 18.9. The number of benzene rings is 1. The van der Waals surface area contributed by atoms with Gasteiger partial charge in [0.2, 0.25) is 0 Å². The molecule has 0 bridgehead atoms. The summed E-state index contributed by atoms with van der Waals surface area (Å²) in [5, 5.41) is 3.38. The molecule has 1 saturated heterocycles. The highest BCUT2D eigenvalue weighted by Gasteiger charge is 2.25. The van der Waals surface area contributed by atoms with Gasteiger partial charge < -0.3 is 10.1 Å².